The molecule has 1 heterocycles. The van der Waals surface area contributed by atoms with Crippen LogP contribution in [-0.2, 0) is 16.4 Å². The molecular weight excluding hydrogens is 300 g/mol. The highest BCUT2D eigenvalue weighted by Gasteiger charge is 2.09. The van der Waals surface area contributed by atoms with Crippen LogP contribution in [0.5, 0.6) is 5.88 Å². The maximum absolute atomic E-state index is 11.4. The number of aromatic nitrogens is 1. The Hall–Kier alpha value is -1.92. The highest BCUT2D eigenvalue weighted by molar-refractivity contribution is 7.90. The van der Waals surface area contributed by atoms with E-state index in [1.54, 1.807) is 25.4 Å². The monoisotopic (exact) mass is 320 g/mol. The highest BCUT2D eigenvalue weighted by atomic mass is 32.2. The zero-order valence-electron chi connectivity index (χ0n) is 12.9. The number of nitrogens with one attached hydrogen (secondary N) is 1. The van der Waals surface area contributed by atoms with Crippen molar-refractivity contribution in [2.45, 2.75) is 24.4 Å². The van der Waals surface area contributed by atoms with E-state index in [1.165, 1.54) is 6.26 Å². The molecule has 0 radical (unpaired) electrons. The van der Waals surface area contributed by atoms with Gasteiger partial charge in [0.05, 0.1) is 12.0 Å². The largest absolute Gasteiger partial charge is 0.481 e. The highest BCUT2D eigenvalue weighted by Crippen LogP contribution is 2.17. The average molecular weight is 320 g/mol. The van der Waals surface area contributed by atoms with Crippen molar-refractivity contribution in [1.29, 1.82) is 0 Å². The van der Waals surface area contributed by atoms with Gasteiger partial charge in [-0.3, -0.25) is 0 Å². The zero-order valence-corrected chi connectivity index (χ0v) is 13.7. The molecule has 1 aromatic heterocycles. The molecule has 22 heavy (non-hydrogen) atoms. The lowest BCUT2D eigenvalue weighted by Crippen LogP contribution is -2.18. The van der Waals surface area contributed by atoms with Gasteiger partial charge in [-0.05, 0) is 30.2 Å². The topological polar surface area (TPSA) is 68.3 Å². The first kappa shape index (κ1) is 16.5. The fraction of sp³-hybridized carbons (Fsp3) is 0.312. The number of pyridine rings is 1. The first-order valence-corrected chi connectivity index (χ1v) is 8.81. The van der Waals surface area contributed by atoms with Crippen LogP contribution in [0.4, 0.5) is 0 Å². The van der Waals surface area contributed by atoms with E-state index < -0.39 is 9.84 Å². The van der Waals surface area contributed by atoms with Crippen molar-refractivity contribution in [2.75, 3.05) is 13.4 Å². The molecule has 1 aromatic carbocycles. The quantitative estimate of drug-likeness (QED) is 0.885. The van der Waals surface area contributed by atoms with Crippen LogP contribution < -0.4 is 10.1 Å². The Morgan fingerprint density at radius 1 is 1.18 bits per heavy atom. The van der Waals surface area contributed by atoms with E-state index in [2.05, 4.69) is 10.3 Å². The molecule has 1 unspecified atom stereocenters. The molecule has 0 aliphatic carbocycles. The molecule has 2 aromatic rings. The number of nitrogens with zero attached hydrogens (tertiary/aromatic N) is 1. The summed E-state index contributed by atoms with van der Waals surface area (Å²) in [7, 11) is -1.56. The minimum absolute atomic E-state index is 0.107. The number of rotatable bonds is 6. The van der Waals surface area contributed by atoms with E-state index in [-0.39, 0.29) is 6.04 Å². The molecule has 0 saturated carbocycles. The molecule has 0 amide bonds. The smallest absolute Gasteiger partial charge is 0.212 e. The van der Waals surface area contributed by atoms with Crippen LogP contribution in [0.25, 0.3) is 0 Å². The van der Waals surface area contributed by atoms with Crippen LogP contribution in [-0.4, -0.2) is 26.8 Å². The maximum atomic E-state index is 11.4. The lowest BCUT2D eigenvalue weighted by Gasteiger charge is -2.14. The number of hydrogen-bond donors (Lipinski definition) is 1. The first-order chi connectivity index (χ1) is 10.4. The van der Waals surface area contributed by atoms with Crippen molar-refractivity contribution in [3.05, 3.63) is 53.7 Å². The Morgan fingerprint density at radius 2 is 1.86 bits per heavy atom. The molecule has 1 atom stereocenters. The Balaban J connectivity index is 1.98. The Bertz CT molecular complexity index is 710. The summed E-state index contributed by atoms with van der Waals surface area (Å²) in [5.41, 5.74) is 2.09. The van der Waals surface area contributed by atoms with Crippen molar-refractivity contribution in [3.63, 3.8) is 0 Å². The number of hydrogen-bond acceptors (Lipinski definition) is 5. The fourth-order valence-electron chi connectivity index (χ4n) is 2.03. The van der Waals surface area contributed by atoms with Gasteiger partial charge in [0.15, 0.2) is 9.84 Å². The lowest BCUT2D eigenvalue weighted by atomic mass is 10.1. The summed E-state index contributed by atoms with van der Waals surface area (Å²) in [6.07, 6.45) is 2.98. The molecule has 0 bridgehead atoms. The Labute approximate surface area is 131 Å². The van der Waals surface area contributed by atoms with Crippen LogP contribution in [0, 0.1) is 0 Å². The minimum atomic E-state index is -3.15. The van der Waals surface area contributed by atoms with Gasteiger partial charge >= 0.3 is 0 Å². The van der Waals surface area contributed by atoms with Gasteiger partial charge in [-0.15, -0.1) is 0 Å². The van der Waals surface area contributed by atoms with E-state index in [0.29, 0.717) is 17.3 Å². The summed E-state index contributed by atoms with van der Waals surface area (Å²) < 4.78 is 27.9. The summed E-state index contributed by atoms with van der Waals surface area (Å²) in [5.74, 6) is 0.591. The third-order valence-electron chi connectivity index (χ3n) is 3.43. The molecule has 0 spiro atoms. The number of methoxy groups -OCH3 is 1. The van der Waals surface area contributed by atoms with Crippen molar-refractivity contribution in [3.8, 4) is 5.88 Å². The maximum Gasteiger partial charge on any atom is 0.212 e. The number of sulfone groups is 1. The van der Waals surface area contributed by atoms with E-state index in [0.717, 1.165) is 11.1 Å². The van der Waals surface area contributed by atoms with Gasteiger partial charge < -0.3 is 10.1 Å². The second-order valence-corrected chi connectivity index (χ2v) is 7.17. The SMILES string of the molecule is COc1ccc(CNC(C)c2ccc(S(C)(=O)=O)cc2)cn1. The van der Waals surface area contributed by atoms with Crippen LogP contribution in [0.1, 0.15) is 24.1 Å². The summed E-state index contributed by atoms with van der Waals surface area (Å²) in [5, 5.41) is 3.38. The normalized spacial score (nSPS) is 12.9. The summed E-state index contributed by atoms with van der Waals surface area (Å²) in [6, 6.07) is 10.8. The summed E-state index contributed by atoms with van der Waals surface area (Å²) in [4.78, 5) is 4.49. The standard InChI is InChI=1S/C16H20N2O3S/c1-12(14-5-7-15(8-6-14)22(3,19)20)17-10-13-4-9-16(21-2)18-11-13/h4-9,11-12,17H,10H2,1-3H3. The van der Waals surface area contributed by atoms with Gasteiger partial charge in [0, 0.05) is 31.1 Å². The first-order valence-electron chi connectivity index (χ1n) is 6.92. The molecule has 0 fully saturated rings. The zero-order chi connectivity index (χ0) is 16.2. The second-order valence-electron chi connectivity index (χ2n) is 5.15. The van der Waals surface area contributed by atoms with Crippen LogP contribution in [0.3, 0.4) is 0 Å². The third-order valence-corrected chi connectivity index (χ3v) is 4.56. The van der Waals surface area contributed by atoms with Crippen LogP contribution >= 0.6 is 0 Å². The van der Waals surface area contributed by atoms with E-state index >= 15 is 0 Å². The van der Waals surface area contributed by atoms with E-state index in [9.17, 15) is 8.42 Å². The predicted octanol–water partition coefficient (Wildman–Crippen LogP) is 2.34. The molecular formula is C16H20N2O3S. The average Bonchev–Trinajstić information content (AvgIpc) is 2.52. The molecule has 0 aliphatic rings. The van der Waals surface area contributed by atoms with Gasteiger partial charge in [-0.25, -0.2) is 13.4 Å². The van der Waals surface area contributed by atoms with Crippen molar-refractivity contribution in [1.82, 2.24) is 10.3 Å². The van der Waals surface area contributed by atoms with Crippen LogP contribution in [0.15, 0.2) is 47.5 Å². The molecule has 0 aliphatic heterocycles. The van der Waals surface area contributed by atoms with Crippen molar-refractivity contribution < 1.29 is 13.2 Å². The molecule has 0 saturated heterocycles. The molecule has 5 nitrogen and oxygen atoms in total. The molecule has 118 valence electrons. The Kier molecular flexibility index (Phi) is 5.15. The summed E-state index contributed by atoms with van der Waals surface area (Å²) in [6.45, 7) is 2.71. The minimum Gasteiger partial charge on any atom is -0.481 e. The van der Waals surface area contributed by atoms with Gasteiger partial charge in [-0.2, -0.15) is 0 Å². The van der Waals surface area contributed by atoms with E-state index in [1.807, 2.05) is 31.2 Å². The molecule has 1 N–H and O–H groups in total. The van der Waals surface area contributed by atoms with Crippen LogP contribution in [0.2, 0.25) is 0 Å². The van der Waals surface area contributed by atoms with Gasteiger partial charge in [0.25, 0.3) is 0 Å². The number of ether oxygens (including phenoxy) is 1. The van der Waals surface area contributed by atoms with Gasteiger partial charge in [0.1, 0.15) is 0 Å². The van der Waals surface area contributed by atoms with Gasteiger partial charge in [-0.1, -0.05) is 18.2 Å². The molecule has 6 heteroatoms. The summed E-state index contributed by atoms with van der Waals surface area (Å²) >= 11 is 0. The van der Waals surface area contributed by atoms with E-state index in [4.69, 9.17) is 4.74 Å². The predicted molar refractivity (Wildman–Crippen MR) is 85.6 cm³/mol. The number of benzene rings is 1. The second kappa shape index (κ2) is 6.89. The lowest BCUT2D eigenvalue weighted by molar-refractivity contribution is 0.397. The van der Waals surface area contributed by atoms with Gasteiger partial charge in [0.2, 0.25) is 5.88 Å². The van der Waals surface area contributed by atoms with Crippen molar-refractivity contribution >= 4 is 9.84 Å². The van der Waals surface area contributed by atoms with Crippen molar-refractivity contribution in [2.24, 2.45) is 0 Å². The fourth-order valence-corrected chi connectivity index (χ4v) is 2.66. The molecule has 2 rings (SSSR count). The Morgan fingerprint density at radius 3 is 2.36 bits per heavy atom. The third kappa shape index (κ3) is 4.29.